The predicted molar refractivity (Wildman–Crippen MR) is 88.3 cm³/mol. The largest absolute Gasteiger partial charge is 0.493 e. The SMILES string of the molecule is COc1ccc(C(=O)N(C)Cc2ccc(F)cc2F)c(OC)c1OC. The van der Waals surface area contributed by atoms with Gasteiger partial charge in [0.2, 0.25) is 5.75 Å². The third-order valence-electron chi connectivity index (χ3n) is 3.70. The maximum atomic E-state index is 13.8. The van der Waals surface area contributed by atoms with Crippen molar-refractivity contribution in [2.45, 2.75) is 6.54 Å². The summed E-state index contributed by atoms with van der Waals surface area (Å²) in [6.07, 6.45) is 0. The summed E-state index contributed by atoms with van der Waals surface area (Å²) in [5.41, 5.74) is 0.446. The monoisotopic (exact) mass is 351 g/mol. The molecule has 5 nitrogen and oxygen atoms in total. The van der Waals surface area contributed by atoms with E-state index >= 15 is 0 Å². The van der Waals surface area contributed by atoms with Gasteiger partial charge >= 0.3 is 0 Å². The van der Waals surface area contributed by atoms with Crippen molar-refractivity contribution in [2.24, 2.45) is 0 Å². The first-order valence-corrected chi connectivity index (χ1v) is 7.41. The number of ether oxygens (including phenoxy) is 3. The van der Waals surface area contributed by atoms with Gasteiger partial charge in [0.1, 0.15) is 11.6 Å². The fourth-order valence-corrected chi connectivity index (χ4v) is 2.45. The summed E-state index contributed by atoms with van der Waals surface area (Å²) >= 11 is 0. The molecule has 0 aliphatic rings. The van der Waals surface area contributed by atoms with Crippen molar-refractivity contribution in [1.29, 1.82) is 0 Å². The standard InChI is InChI=1S/C18H19F2NO4/c1-21(10-11-5-6-12(19)9-14(11)20)18(22)13-7-8-15(23-2)17(25-4)16(13)24-3/h5-9H,10H2,1-4H3. The molecule has 0 unspecified atom stereocenters. The molecule has 2 aromatic rings. The number of halogens is 2. The Morgan fingerprint density at radius 1 is 1.00 bits per heavy atom. The van der Waals surface area contributed by atoms with Crippen LogP contribution in [0.1, 0.15) is 15.9 Å². The zero-order valence-electron chi connectivity index (χ0n) is 14.4. The molecule has 0 radical (unpaired) electrons. The Morgan fingerprint density at radius 3 is 2.24 bits per heavy atom. The molecule has 0 heterocycles. The Kier molecular flexibility index (Phi) is 5.80. The molecule has 0 aromatic heterocycles. The van der Waals surface area contributed by atoms with E-state index in [4.69, 9.17) is 14.2 Å². The average molecular weight is 351 g/mol. The zero-order valence-corrected chi connectivity index (χ0v) is 14.4. The van der Waals surface area contributed by atoms with Crippen molar-refractivity contribution in [1.82, 2.24) is 4.90 Å². The number of carbonyl (C=O) groups is 1. The van der Waals surface area contributed by atoms with Crippen LogP contribution in [0.2, 0.25) is 0 Å². The van der Waals surface area contributed by atoms with E-state index in [1.54, 1.807) is 12.1 Å². The van der Waals surface area contributed by atoms with Crippen LogP contribution in [-0.2, 0) is 6.54 Å². The second-order valence-corrected chi connectivity index (χ2v) is 5.28. The van der Waals surface area contributed by atoms with Crippen LogP contribution in [0, 0.1) is 11.6 Å². The average Bonchev–Trinajstić information content (AvgIpc) is 2.61. The molecule has 25 heavy (non-hydrogen) atoms. The van der Waals surface area contributed by atoms with E-state index in [9.17, 15) is 13.6 Å². The molecule has 134 valence electrons. The fourth-order valence-electron chi connectivity index (χ4n) is 2.45. The number of benzene rings is 2. The molecule has 0 saturated heterocycles. The zero-order chi connectivity index (χ0) is 18.6. The van der Waals surface area contributed by atoms with Gasteiger partial charge < -0.3 is 19.1 Å². The molecule has 7 heteroatoms. The van der Waals surface area contributed by atoms with Gasteiger partial charge in [0.05, 0.1) is 26.9 Å². The predicted octanol–water partition coefficient (Wildman–Crippen LogP) is 3.26. The van der Waals surface area contributed by atoms with Crippen LogP contribution >= 0.6 is 0 Å². The van der Waals surface area contributed by atoms with Crippen molar-refractivity contribution in [2.75, 3.05) is 28.4 Å². The molecule has 0 aliphatic heterocycles. The third-order valence-corrected chi connectivity index (χ3v) is 3.70. The van der Waals surface area contributed by atoms with E-state index in [1.165, 1.54) is 39.3 Å². The second-order valence-electron chi connectivity index (χ2n) is 5.28. The van der Waals surface area contributed by atoms with E-state index in [0.717, 1.165) is 12.1 Å². The van der Waals surface area contributed by atoms with Crippen LogP contribution in [-0.4, -0.2) is 39.2 Å². The molecule has 2 aromatic carbocycles. The Morgan fingerprint density at radius 2 is 1.68 bits per heavy atom. The fraction of sp³-hybridized carbons (Fsp3) is 0.278. The summed E-state index contributed by atoms with van der Waals surface area (Å²) < 4.78 is 42.5. The highest BCUT2D eigenvalue weighted by atomic mass is 19.1. The van der Waals surface area contributed by atoms with Crippen molar-refractivity contribution >= 4 is 5.91 Å². The molecule has 2 rings (SSSR count). The number of amides is 1. The summed E-state index contributed by atoms with van der Waals surface area (Å²) in [4.78, 5) is 14.0. The number of hydrogen-bond acceptors (Lipinski definition) is 4. The Labute approximate surface area is 144 Å². The van der Waals surface area contributed by atoms with Gasteiger partial charge in [0, 0.05) is 25.2 Å². The summed E-state index contributed by atoms with van der Waals surface area (Å²) in [6.45, 7) is -0.0254. The highest BCUT2D eigenvalue weighted by Gasteiger charge is 2.23. The van der Waals surface area contributed by atoms with Gasteiger partial charge in [-0.2, -0.15) is 0 Å². The molecule has 0 N–H and O–H groups in total. The summed E-state index contributed by atoms with van der Waals surface area (Å²) in [6, 6.07) is 6.36. The van der Waals surface area contributed by atoms with E-state index in [-0.39, 0.29) is 29.2 Å². The highest BCUT2D eigenvalue weighted by Crippen LogP contribution is 2.40. The molecule has 0 atom stereocenters. The highest BCUT2D eigenvalue weighted by molar-refractivity contribution is 5.98. The molecule has 0 aliphatic carbocycles. The Hall–Kier alpha value is -2.83. The number of rotatable bonds is 6. The summed E-state index contributed by atoms with van der Waals surface area (Å²) in [7, 11) is 5.84. The van der Waals surface area contributed by atoms with E-state index in [0.29, 0.717) is 5.75 Å². The number of nitrogens with zero attached hydrogens (tertiary/aromatic N) is 1. The molecule has 1 amide bonds. The van der Waals surface area contributed by atoms with Gasteiger partial charge in [-0.05, 0) is 18.2 Å². The quantitative estimate of drug-likeness (QED) is 0.802. The lowest BCUT2D eigenvalue weighted by Gasteiger charge is -2.21. The van der Waals surface area contributed by atoms with Gasteiger partial charge in [-0.3, -0.25) is 4.79 Å². The molecule has 0 saturated carbocycles. The summed E-state index contributed by atoms with van der Waals surface area (Å²) in [5.74, 6) is -0.851. The van der Waals surface area contributed by atoms with Gasteiger partial charge in [-0.1, -0.05) is 6.07 Å². The van der Waals surface area contributed by atoms with Crippen LogP contribution < -0.4 is 14.2 Å². The smallest absolute Gasteiger partial charge is 0.257 e. The molecular formula is C18H19F2NO4. The van der Waals surface area contributed by atoms with Gasteiger partial charge in [-0.25, -0.2) is 8.78 Å². The third kappa shape index (κ3) is 3.81. The molecule has 0 spiro atoms. The molecular weight excluding hydrogens is 332 g/mol. The minimum absolute atomic E-state index is 0.0254. The first-order valence-electron chi connectivity index (χ1n) is 7.41. The number of hydrogen-bond donors (Lipinski definition) is 0. The first kappa shape index (κ1) is 18.5. The van der Waals surface area contributed by atoms with E-state index < -0.39 is 17.5 Å². The van der Waals surface area contributed by atoms with E-state index in [1.807, 2.05) is 0 Å². The lowest BCUT2D eigenvalue weighted by atomic mass is 10.1. The minimum Gasteiger partial charge on any atom is -0.493 e. The number of carbonyl (C=O) groups excluding carboxylic acids is 1. The lowest BCUT2D eigenvalue weighted by Crippen LogP contribution is -2.27. The topological polar surface area (TPSA) is 48.0 Å². The minimum atomic E-state index is -0.709. The van der Waals surface area contributed by atoms with Crippen molar-refractivity contribution in [3.8, 4) is 17.2 Å². The van der Waals surface area contributed by atoms with Crippen LogP contribution in [0.15, 0.2) is 30.3 Å². The summed E-state index contributed by atoms with van der Waals surface area (Å²) in [5, 5.41) is 0. The van der Waals surface area contributed by atoms with Crippen molar-refractivity contribution in [3.05, 3.63) is 53.1 Å². The second kappa shape index (κ2) is 7.83. The van der Waals surface area contributed by atoms with Crippen molar-refractivity contribution in [3.63, 3.8) is 0 Å². The van der Waals surface area contributed by atoms with Crippen LogP contribution in [0.5, 0.6) is 17.2 Å². The number of methoxy groups -OCH3 is 3. The van der Waals surface area contributed by atoms with Gasteiger partial charge in [0.15, 0.2) is 11.5 Å². The Balaban J connectivity index is 2.33. The maximum Gasteiger partial charge on any atom is 0.257 e. The van der Waals surface area contributed by atoms with Crippen LogP contribution in [0.4, 0.5) is 8.78 Å². The first-order chi connectivity index (χ1) is 11.9. The van der Waals surface area contributed by atoms with Crippen LogP contribution in [0.25, 0.3) is 0 Å². The van der Waals surface area contributed by atoms with Gasteiger partial charge in [-0.15, -0.1) is 0 Å². The lowest BCUT2D eigenvalue weighted by molar-refractivity contribution is 0.0779. The normalized spacial score (nSPS) is 10.3. The van der Waals surface area contributed by atoms with E-state index in [2.05, 4.69) is 0 Å². The van der Waals surface area contributed by atoms with Crippen LogP contribution in [0.3, 0.4) is 0 Å². The molecule has 0 bridgehead atoms. The maximum absolute atomic E-state index is 13.8. The Bertz CT molecular complexity index is 780. The van der Waals surface area contributed by atoms with Gasteiger partial charge in [0.25, 0.3) is 5.91 Å². The van der Waals surface area contributed by atoms with Crippen molar-refractivity contribution < 1.29 is 27.8 Å². The molecule has 0 fully saturated rings.